The lowest BCUT2D eigenvalue weighted by molar-refractivity contribution is -0.154. The van der Waals surface area contributed by atoms with E-state index in [-0.39, 0.29) is 25.7 Å². The van der Waals surface area contributed by atoms with Gasteiger partial charge in [-0.05, 0) is 60.8 Å². The van der Waals surface area contributed by atoms with Crippen LogP contribution in [0.4, 0.5) is 0 Å². The molecule has 40 heavy (non-hydrogen) atoms. The standard InChI is InChI=1S/2C16H24O4/c1-11(2)8-13-4-6-14(7-5-13)12(3)16(19)20-10-15(18)9-17;1-11(2)8-13-4-6-14(7-5-13)12(3)16(19)20-15(9-17)10-18/h2*4-7,11-12,15,17-18H,8-10H2,1-3H3. The monoisotopic (exact) mass is 560 g/mol. The maximum absolute atomic E-state index is 11.9. The topological polar surface area (TPSA) is 134 Å². The number of hydrogen-bond acceptors (Lipinski definition) is 8. The molecule has 0 spiro atoms. The fraction of sp³-hybridized carbons (Fsp3) is 0.562. The average molecular weight is 561 g/mol. The molecule has 8 nitrogen and oxygen atoms in total. The van der Waals surface area contributed by atoms with Gasteiger partial charge < -0.3 is 29.9 Å². The van der Waals surface area contributed by atoms with Crippen molar-refractivity contribution >= 4 is 11.9 Å². The van der Waals surface area contributed by atoms with Crippen LogP contribution in [0.3, 0.4) is 0 Å². The first-order chi connectivity index (χ1) is 18.9. The number of ether oxygens (including phenoxy) is 2. The van der Waals surface area contributed by atoms with Crippen molar-refractivity contribution in [2.45, 2.75) is 78.4 Å². The normalized spacial score (nSPS) is 13.4. The maximum Gasteiger partial charge on any atom is 0.313 e. The van der Waals surface area contributed by atoms with Gasteiger partial charge in [0.2, 0.25) is 0 Å². The molecule has 8 heteroatoms. The molecule has 0 heterocycles. The van der Waals surface area contributed by atoms with Gasteiger partial charge in [0.25, 0.3) is 0 Å². The molecule has 0 bridgehead atoms. The first-order valence-electron chi connectivity index (χ1n) is 14.0. The molecule has 3 atom stereocenters. The number of benzene rings is 2. The van der Waals surface area contributed by atoms with Gasteiger partial charge in [0.1, 0.15) is 18.8 Å². The Kier molecular flexibility index (Phi) is 16.3. The quantitative estimate of drug-likeness (QED) is 0.257. The second-order valence-corrected chi connectivity index (χ2v) is 11.0. The summed E-state index contributed by atoms with van der Waals surface area (Å²) < 4.78 is 9.98. The van der Waals surface area contributed by atoms with E-state index < -0.39 is 36.7 Å². The zero-order valence-electron chi connectivity index (χ0n) is 24.7. The number of aliphatic hydroxyl groups excluding tert-OH is 4. The first kappa shape index (κ1) is 35.2. The van der Waals surface area contributed by atoms with E-state index in [1.54, 1.807) is 13.8 Å². The van der Waals surface area contributed by atoms with Gasteiger partial charge in [0.05, 0.1) is 31.7 Å². The lowest BCUT2D eigenvalue weighted by Gasteiger charge is -2.17. The maximum atomic E-state index is 11.9. The highest BCUT2D eigenvalue weighted by molar-refractivity contribution is 5.78. The largest absolute Gasteiger partial charge is 0.462 e. The SMILES string of the molecule is CC(C)Cc1ccc(C(C)C(=O)OC(CO)CO)cc1.CC(C)Cc1ccc(C(C)C(=O)OCC(O)CO)cc1. The number of aliphatic hydroxyl groups is 4. The van der Waals surface area contributed by atoms with Gasteiger partial charge in [-0.1, -0.05) is 76.2 Å². The highest BCUT2D eigenvalue weighted by Crippen LogP contribution is 2.20. The number of carbonyl (C=O) groups is 2. The lowest BCUT2D eigenvalue weighted by atomic mass is 9.97. The molecule has 2 rings (SSSR count). The molecule has 2 aromatic carbocycles. The van der Waals surface area contributed by atoms with E-state index in [0.717, 1.165) is 24.0 Å². The summed E-state index contributed by atoms with van der Waals surface area (Å²) in [5.74, 6) is -0.428. The smallest absolute Gasteiger partial charge is 0.313 e. The Balaban J connectivity index is 0.000000400. The summed E-state index contributed by atoms with van der Waals surface area (Å²) in [6, 6.07) is 15.8. The van der Waals surface area contributed by atoms with Crippen LogP contribution in [0.15, 0.2) is 48.5 Å². The molecule has 3 unspecified atom stereocenters. The van der Waals surface area contributed by atoms with Crippen LogP contribution in [-0.4, -0.2) is 71.0 Å². The Morgan fingerprint density at radius 2 is 1.05 bits per heavy atom. The molecule has 0 saturated heterocycles. The van der Waals surface area contributed by atoms with Gasteiger partial charge in [-0.15, -0.1) is 0 Å². The summed E-state index contributed by atoms with van der Waals surface area (Å²) in [4.78, 5) is 23.7. The molecule has 0 aromatic heterocycles. The van der Waals surface area contributed by atoms with Crippen molar-refractivity contribution in [1.82, 2.24) is 0 Å². The van der Waals surface area contributed by atoms with Crippen LogP contribution < -0.4 is 0 Å². The molecule has 0 radical (unpaired) electrons. The highest BCUT2D eigenvalue weighted by Gasteiger charge is 2.21. The summed E-state index contributed by atoms with van der Waals surface area (Å²) in [5, 5.41) is 35.6. The fourth-order valence-corrected chi connectivity index (χ4v) is 3.85. The minimum Gasteiger partial charge on any atom is -0.462 e. The van der Waals surface area contributed by atoms with Crippen molar-refractivity contribution in [2.75, 3.05) is 26.4 Å². The minimum absolute atomic E-state index is 0.175. The van der Waals surface area contributed by atoms with E-state index >= 15 is 0 Å². The van der Waals surface area contributed by atoms with E-state index in [2.05, 4.69) is 27.7 Å². The zero-order chi connectivity index (χ0) is 30.2. The molecule has 4 N–H and O–H groups in total. The molecule has 0 aliphatic carbocycles. The van der Waals surface area contributed by atoms with Crippen LogP contribution in [0.1, 0.15) is 75.6 Å². The second kappa shape index (κ2) is 18.5. The fourth-order valence-electron chi connectivity index (χ4n) is 3.85. The van der Waals surface area contributed by atoms with Crippen LogP contribution in [0.5, 0.6) is 0 Å². The summed E-state index contributed by atoms with van der Waals surface area (Å²) in [5.41, 5.74) is 4.26. The van der Waals surface area contributed by atoms with Crippen LogP contribution in [-0.2, 0) is 31.9 Å². The van der Waals surface area contributed by atoms with Crippen LogP contribution in [0, 0.1) is 11.8 Å². The van der Waals surface area contributed by atoms with E-state index in [4.69, 9.17) is 29.9 Å². The highest BCUT2D eigenvalue weighted by atomic mass is 16.6. The Labute approximate surface area is 239 Å². The summed E-state index contributed by atoms with van der Waals surface area (Å²) in [6.45, 7) is 10.9. The molecule has 2 aromatic rings. The third-order valence-corrected chi connectivity index (χ3v) is 6.27. The Bertz CT molecular complexity index is 981. The van der Waals surface area contributed by atoms with Crippen LogP contribution in [0.2, 0.25) is 0 Å². The summed E-state index contributed by atoms with van der Waals surface area (Å²) in [7, 11) is 0. The number of rotatable bonds is 14. The molecule has 224 valence electrons. The van der Waals surface area contributed by atoms with Crippen LogP contribution in [0.25, 0.3) is 0 Å². The van der Waals surface area contributed by atoms with Gasteiger partial charge in [-0.25, -0.2) is 0 Å². The Morgan fingerprint density at radius 3 is 1.40 bits per heavy atom. The number of esters is 2. The second-order valence-electron chi connectivity index (χ2n) is 11.0. The van der Waals surface area contributed by atoms with Gasteiger partial charge in [0, 0.05) is 0 Å². The minimum atomic E-state index is -1.01. The predicted octanol–water partition coefficient (Wildman–Crippen LogP) is 3.77. The molecule has 0 saturated carbocycles. The van der Waals surface area contributed by atoms with E-state index in [1.165, 1.54) is 11.1 Å². The lowest BCUT2D eigenvalue weighted by Crippen LogP contribution is -2.27. The van der Waals surface area contributed by atoms with Gasteiger partial charge in [-0.3, -0.25) is 9.59 Å². The zero-order valence-corrected chi connectivity index (χ0v) is 24.7. The molecule has 0 aliphatic rings. The van der Waals surface area contributed by atoms with Gasteiger partial charge >= 0.3 is 11.9 Å². The Morgan fingerprint density at radius 1 is 0.650 bits per heavy atom. The van der Waals surface area contributed by atoms with Crippen molar-refractivity contribution in [3.05, 3.63) is 70.8 Å². The first-order valence-corrected chi connectivity index (χ1v) is 14.0. The predicted molar refractivity (Wildman–Crippen MR) is 155 cm³/mol. The third-order valence-electron chi connectivity index (χ3n) is 6.27. The van der Waals surface area contributed by atoms with Crippen molar-refractivity contribution in [3.63, 3.8) is 0 Å². The van der Waals surface area contributed by atoms with Gasteiger partial charge in [-0.2, -0.15) is 0 Å². The van der Waals surface area contributed by atoms with Crippen molar-refractivity contribution in [3.8, 4) is 0 Å². The number of hydrogen-bond donors (Lipinski definition) is 4. The molecule has 0 aliphatic heterocycles. The van der Waals surface area contributed by atoms with E-state index in [0.29, 0.717) is 11.8 Å². The van der Waals surface area contributed by atoms with Crippen molar-refractivity contribution in [2.24, 2.45) is 11.8 Å². The van der Waals surface area contributed by atoms with Crippen LogP contribution >= 0.6 is 0 Å². The van der Waals surface area contributed by atoms with Crippen molar-refractivity contribution in [1.29, 1.82) is 0 Å². The van der Waals surface area contributed by atoms with Crippen molar-refractivity contribution < 1.29 is 39.5 Å². The molecular weight excluding hydrogens is 512 g/mol. The summed E-state index contributed by atoms with van der Waals surface area (Å²) in [6.07, 6.45) is 0.169. The molecular formula is C32H48O8. The third kappa shape index (κ3) is 13.0. The van der Waals surface area contributed by atoms with Gasteiger partial charge in [0.15, 0.2) is 0 Å². The van der Waals surface area contributed by atoms with E-state index in [9.17, 15) is 9.59 Å². The Hall–Kier alpha value is -2.78. The van der Waals surface area contributed by atoms with E-state index in [1.807, 2.05) is 48.5 Å². The number of carbonyl (C=O) groups excluding carboxylic acids is 2. The molecule has 0 fully saturated rings. The average Bonchev–Trinajstić information content (AvgIpc) is 2.94. The molecule has 0 amide bonds. The summed E-state index contributed by atoms with van der Waals surface area (Å²) >= 11 is 0.